The molecule has 27 heavy (non-hydrogen) atoms. The lowest BCUT2D eigenvalue weighted by atomic mass is 10.1. The second-order valence-corrected chi connectivity index (χ2v) is 8.53. The fraction of sp³-hybridized carbons (Fsp3) is 0.650. The number of hydrogen-bond acceptors (Lipinski definition) is 6. The van der Waals surface area contributed by atoms with E-state index in [4.69, 9.17) is 4.74 Å². The third-order valence-electron chi connectivity index (χ3n) is 5.58. The Morgan fingerprint density at radius 2 is 2.00 bits per heavy atom. The Morgan fingerprint density at radius 1 is 1.22 bits per heavy atom. The SMILES string of the molecule is Cc1c(C(=O)NC[C@@H]2CCCO2)sc2ncnc(N3CCCCCCC3)c12. The predicted octanol–water partition coefficient (Wildman–Crippen LogP) is 3.68. The molecule has 2 aliphatic rings. The van der Waals surface area contributed by atoms with Crippen LogP contribution >= 0.6 is 11.3 Å². The van der Waals surface area contributed by atoms with E-state index in [0.29, 0.717) is 6.54 Å². The van der Waals surface area contributed by atoms with Crippen molar-refractivity contribution in [1.29, 1.82) is 0 Å². The van der Waals surface area contributed by atoms with Crippen LogP contribution in [0.5, 0.6) is 0 Å². The van der Waals surface area contributed by atoms with Gasteiger partial charge in [-0.25, -0.2) is 9.97 Å². The van der Waals surface area contributed by atoms with Crippen LogP contribution in [0.4, 0.5) is 5.82 Å². The number of nitrogens with zero attached hydrogens (tertiary/aromatic N) is 3. The summed E-state index contributed by atoms with van der Waals surface area (Å²) < 4.78 is 5.61. The summed E-state index contributed by atoms with van der Waals surface area (Å²) in [6, 6.07) is 0. The van der Waals surface area contributed by atoms with Crippen LogP contribution < -0.4 is 10.2 Å². The maximum absolute atomic E-state index is 12.8. The van der Waals surface area contributed by atoms with E-state index in [-0.39, 0.29) is 12.0 Å². The minimum atomic E-state index is -0.0235. The lowest BCUT2D eigenvalue weighted by Gasteiger charge is -2.26. The molecule has 0 bridgehead atoms. The number of aryl methyl sites for hydroxylation is 1. The number of amides is 1. The summed E-state index contributed by atoms with van der Waals surface area (Å²) in [6.07, 6.45) is 10.2. The van der Waals surface area contributed by atoms with E-state index in [1.165, 1.54) is 43.4 Å². The average molecular weight is 389 g/mol. The quantitative estimate of drug-likeness (QED) is 0.865. The van der Waals surface area contributed by atoms with Crippen molar-refractivity contribution in [3.8, 4) is 0 Å². The van der Waals surface area contributed by atoms with Gasteiger partial charge in [-0.3, -0.25) is 4.79 Å². The third-order valence-corrected chi connectivity index (χ3v) is 6.78. The van der Waals surface area contributed by atoms with E-state index < -0.39 is 0 Å². The minimum absolute atomic E-state index is 0.0235. The molecule has 2 aromatic rings. The maximum Gasteiger partial charge on any atom is 0.261 e. The van der Waals surface area contributed by atoms with Crippen molar-refractivity contribution in [3.63, 3.8) is 0 Å². The number of carbonyl (C=O) groups excluding carboxylic acids is 1. The Bertz CT molecular complexity index is 793. The monoisotopic (exact) mass is 388 g/mol. The molecule has 0 radical (unpaired) electrons. The zero-order valence-corrected chi connectivity index (χ0v) is 16.8. The molecule has 0 saturated carbocycles. The van der Waals surface area contributed by atoms with Gasteiger partial charge >= 0.3 is 0 Å². The second kappa shape index (κ2) is 8.52. The Labute approximate surface area is 164 Å². The van der Waals surface area contributed by atoms with Crippen molar-refractivity contribution < 1.29 is 9.53 Å². The summed E-state index contributed by atoms with van der Waals surface area (Å²) in [5.74, 6) is 0.971. The lowest BCUT2D eigenvalue weighted by molar-refractivity contribution is 0.0860. The minimum Gasteiger partial charge on any atom is -0.376 e. The van der Waals surface area contributed by atoms with Crippen molar-refractivity contribution in [1.82, 2.24) is 15.3 Å². The Morgan fingerprint density at radius 3 is 2.74 bits per heavy atom. The van der Waals surface area contributed by atoms with Crippen LogP contribution in [-0.2, 0) is 4.74 Å². The summed E-state index contributed by atoms with van der Waals surface area (Å²) >= 11 is 1.47. The van der Waals surface area contributed by atoms with Crippen molar-refractivity contribution in [3.05, 3.63) is 16.8 Å². The first-order valence-corrected chi connectivity index (χ1v) is 10.9. The van der Waals surface area contributed by atoms with Crippen LogP contribution in [0.2, 0.25) is 0 Å². The number of ether oxygens (including phenoxy) is 1. The van der Waals surface area contributed by atoms with Crippen molar-refractivity contribution >= 4 is 33.3 Å². The zero-order chi connectivity index (χ0) is 18.6. The molecular formula is C20H28N4O2S. The topological polar surface area (TPSA) is 67.3 Å². The summed E-state index contributed by atoms with van der Waals surface area (Å²) in [4.78, 5) is 25.9. The first-order valence-electron chi connectivity index (χ1n) is 10.1. The summed E-state index contributed by atoms with van der Waals surface area (Å²) in [6.45, 7) is 5.47. The van der Waals surface area contributed by atoms with Crippen LogP contribution in [0.1, 0.15) is 60.2 Å². The number of thiophene rings is 1. The van der Waals surface area contributed by atoms with Crippen LogP contribution in [0, 0.1) is 6.92 Å². The molecule has 0 spiro atoms. The van der Waals surface area contributed by atoms with Crippen molar-refractivity contribution in [2.45, 2.75) is 58.0 Å². The molecule has 4 heterocycles. The predicted molar refractivity (Wildman–Crippen MR) is 109 cm³/mol. The van der Waals surface area contributed by atoms with Gasteiger partial charge in [-0.15, -0.1) is 11.3 Å². The molecule has 7 heteroatoms. The fourth-order valence-corrected chi connectivity index (χ4v) is 5.12. The highest BCUT2D eigenvalue weighted by atomic mass is 32.1. The Balaban J connectivity index is 1.58. The summed E-state index contributed by atoms with van der Waals surface area (Å²) in [5.41, 5.74) is 0.998. The van der Waals surface area contributed by atoms with E-state index >= 15 is 0 Å². The van der Waals surface area contributed by atoms with Crippen LogP contribution in [0.25, 0.3) is 10.2 Å². The standard InChI is InChI=1S/C20H28N4O2S/c1-14-16-18(24-9-5-3-2-4-6-10-24)22-13-23-20(16)27-17(14)19(25)21-12-15-8-7-11-26-15/h13,15H,2-12H2,1H3,(H,21,25)/t15-/m0/s1. The number of nitrogens with one attached hydrogen (secondary N) is 1. The van der Waals surface area contributed by atoms with E-state index in [9.17, 15) is 4.79 Å². The van der Waals surface area contributed by atoms with E-state index in [1.807, 2.05) is 6.92 Å². The highest BCUT2D eigenvalue weighted by Gasteiger charge is 2.23. The normalized spacial score (nSPS) is 21.2. The fourth-order valence-electron chi connectivity index (χ4n) is 4.06. The van der Waals surface area contributed by atoms with Gasteiger partial charge in [0, 0.05) is 26.2 Å². The molecule has 0 unspecified atom stereocenters. The molecule has 2 fully saturated rings. The van der Waals surface area contributed by atoms with Gasteiger partial charge in [-0.05, 0) is 38.2 Å². The molecule has 4 rings (SSSR count). The first-order chi connectivity index (χ1) is 13.2. The number of carbonyl (C=O) groups is 1. The smallest absolute Gasteiger partial charge is 0.261 e. The van der Waals surface area contributed by atoms with Crippen LogP contribution in [0.15, 0.2) is 6.33 Å². The molecule has 146 valence electrons. The molecule has 1 N–H and O–H groups in total. The Hall–Kier alpha value is -1.73. The Kier molecular flexibility index (Phi) is 5.88. The number of anilines is 1. The van der Waals surface area contributed by atoms with Gasteiger partial charge in [0.2, 0.25) is 0 Å². The van der Waals surface area contributed by atoms with Crippen LogP contribution in [0.3, 0.4) is 0 Å². The summed E-state index contributed by atoms with van der Waals surface area (Å²) in [7, 11) is 0. The van der Waals surface area contributed by atoms with Gasteiger partial charge in [0.1, 0.15) is 17.0 Å². The van der Waals surface area contributed by atoms with Gasteiger partial charge in [-0.1, -0.05) is 19.3 Å². The molecule has 0 aromatic carbocycles. The van der Waals surface area contributed by atoms with Gasteiger partial charge < -0.3 is 15.0 Å². The number of hydrogen-bond donors (Lipinski definition) is 1. The molecule has 1 amide bonds. The third kappa shape index (κ3) is 4.09. The van der Waals surface area contributed by atoms with Crippen molar-refractivity contribution in [2.24, 2.45) is 0 Å². The highest BCUT2D eigenvalue weighted by Crippen LogP contribution is 2.35. The van der Waals surface area contributed by atoms with Gasteiger partial charge in [0.05, 0.1) is 16.4 Å². The molecule has 0 aliphatic carbocycles. The molecular weight excluding hydrogens is 360 g/mol. The van der Waals surface area contributed by atoms with E-state index in [2.05, 4.69) is 20.2 Å². The zero-order valence-electron chi connectivity index (χ0n) is 16.0. The average Bonchev–Trinajstić information content (AvgIpc) is 3.28. The maximum atomic E-state index is 12.8. The molecule has 2 aliphatic heterocycles. The number of rotatable bonds is 4. The number of fused-ring (bicyclic) bond motifs is 1. The summed E-state index contributed by atoms with van der Waals surface area (Å²) in [5, 5.41) is 4.09. The number of aromatic nitrogens is 2. The molecule has 2 saturated heterocycles. The molecule has 6 nitrogen and oxygen atoms in total. The molecule has 2 aromatic heterocycles. The van der Waals surface area contributed by atoms with Gasteiger partial charge in [0.15, 0.2) is 0 Å². The van der Waals surface area contributed by atoms with Crippen LogP contribution in [-0.4, -0.2) is 48.2 Å². The van der Waals surface area contributed by atoms with E-state index in [1.54, 1.807) is 6.33 Å². The first kappa shape index (κ1) is 18.6. The second-order valence-electron chi connectivity index (χ2n) is 7.53. The molecule has 1 atom stereocenters. The van der Waals surface area contributed by atoms with Crippen molar-refractivity contribution in [2.75, 3.05) is 31.1 Å². The lowest BCUT2D eigenvalue weighted by Crippen LogP contribution is -2.31. The highest BCUT2D eigenvalue weighted by molar-refractivity contribution is 7.20. The van der Waals surface area contributed by atoms with E-state index in [0.717, 1.165) is 59.0 Å². The van der Waals surface area contributed by atoms with Gasteiger partial charge in [-0.2, -0.15) is 0 Å². The largest absolute Gasteiger partial charge is 0.376 e. The van der Waals surface area contributed by atoms with Gasteiger partial charge in [0.25, 0.3) is 5.91 Å².